The fourth-order valence-electron chi connectivity index (χ4n) is 1.82. The van der Waals surface area contributed by atoms with Crippen molar-refractivity contribution in [3.05, 3.63) is 64.4 Å². The fraction of sp³-hybridized carbons (Fsp3) is 0.133. The summed E-state index contributed by atoms with van der Waals surface area (Å²) < 4.78 is 50.9. The molecule has 0 aromatic heterocycles. The Morgan fingerprint density at radius 3 is 2.50 bits per heavy atom. The van der Waals surface area contributed by atoms with Gasteiger partial charge in [0.25, 0.3) is 0 Å². The van der Waals surface area contributed by atoms with Crippen LogP contribution in [0.5, 0.6) is 0 Å². The highest BCUT2D eigenvalue weighted by Gasteiger charge is 2.31. The van der Waals surface area contributed by atoms with E-state index in [2.05, 4.69) is 5.32 Å². The van der Waals surface area contributed by atoms with Crippen LogP contribution >= 0.6 is 11.6 Å². The molecule has 0 aliphatic heterocycles. The lowest BCUT2D eigenvalue weighted by molar-refractivity contribution is -0.137. The number of amides is 1. The number of nitrogens with one attached hydrogen (secondary N) is 1. The van der Waals surface area contributed by atoms with Gasteiger partial charge in [0, 0.05) is 0 Å². The first kappa shape index (κ1) is 16.3. The molecular weight excluding hydrogens is 322 g/mol. The number of alkyl halides is 3. The van der Waals surface area contributed by atoms with Gasteiger partial charge in [-0.15, -0.1) is 0 Å². The van der Waals surface area contributed by atoms with Crippen LogP contribution in [0.1, 0.15) is 11.1 Å². The molecule has 0 aliphatic rings. The molecule has 0 spiro atoms. The van der Waals surface area contributed by atoms with Crippen molar-refractivity contribution in [2.24, 2.45) is 0 Å². The normalized spacial score (nSPS) is 11.3. The third-order valence-electron chi connectivity index (χ3n) is 2.82. The lowest BCUT2D eigenvalue weighted by Gasteiger charge is -2.11. The minimum Gasteiger partial charge on any atom is -0.324 e. The van der Waals surface area contributed by atoms with E-state index in [0.717, 1.165) is 18.2 Å². The van der Waals surface area contributed by atoms with Gasteiger partial charge in [-0.25, -0.2) is 4.39 Å². The molecule has 2 rings (SSSR count). The second-order valence-corrected chi connectivity index (χ2v) is 4.95. The maximum absolute atomic E-state index is 13.0. The van der Waals surface area contributed by atoms with Crippen molar-refractivity contribution in [1.82, 2.24) is 0 Å². The van der Waals surface area contributed by atoms with Crippen LogP contribution in [-0.2, 0) is 17.4 Å². The number of carbonyl (C=O) groups excluding carboxylic acids is 1. The molecule has 1 amide bonds. The molecule has 0 fully saturated rings. The average Bonchev–Trinajstić information content (AvgIpc) is 2.40. The molecule has 116 valence electrons. The van der Waals surface area contributed by atoms with E-state index >= 15 is 0 Å². The van der Waals surface area contributed by atoms with Crippen LogP contribution in [0.2, 0.25) is 5.02 Å². The predicted molar refractivity (Wildman–Crippen MR) is 75.2 cm³/mol. The van der Waals surface area contributed by atoms with E-state index in [1.54, 1.807) is 0 Å². The molecular formula is C15H10ClF4NO. The minimum atomic E-state index is -4.54. The largest absolute Gasteiger partial charge is 0.416 e. The topological polar surface area (TPSA) is 29.1 Å². The first-order chi connectivity index (χ1) is 10.3. The first-order valence-corrected chi connectivity index (χ1v) is 6.54. The van der Waals surface area contributed by atoms with Crippen molar-refractivity contribution in [3.63, 3.8) is 0 Å². The Labute approximate surface area is 128 Å². The number of benzene rings is 2. The SMILES string of the molecule is O=C(Cc1cccc(F)c1)Nc1cc(C(F)(F)F)ccc1Cl. The average molecular weight is 332 g/mol. The van der Waals surface area contributed by atoms with Gasteiger partial charge in [-0.2, -0.15) is 13.2 Å². The van der Waals surface area contributed by atoms with Crippen LogP contribution < -0.4 is 5.32 Å². The van der Waals surface area contributed by atoms with Gasteiger partial charge in [0.1, 0.15) is 5.82 Å². The van der Waals surface area contributed by atoms with Gasteiger partial charge >= 0.3 is 6.18 Å². The summed E-state index contributed by atoms with van der Waals surface area (Å²) in [5, 5.41) is 2.28. The summed E-state index contributed by atoms with van der Waals surface area (Å²) in [6.07, 6.45) is -4.71. The van der Waals surface area contributed by atoms with Crippen LogP contribution in [0.25, 0.3) is 0 Å². The van der Waals surface area contributed by atoms with E-state index in [4.69, 9.17) is 11.6 Å². The molecule has 0 saturated heterocycles. The van der Waals surface area contributed by atoms with Crippen molar-refractivity contribution in [1.29, 1.82) is 0 Å². The van der Waals surface area contributed by atoms with Crippen LogP contribution in [-0.4, -0.2) is 5.91 Å². The third kappa shape index (κ3) is 4.21. The summed E-state index contributed by atoms with van der Waals surface area (Å²) in [6.45, 7) is 0. The van der Waals surface area contributed by atoms with E-state index in [0.29, 0.717) is 5.56 Å². The lowest BCUT2D eigenvalue weighted by Crippen LogP contribution is -2.15. The summed E-state index contributed by atoms with van der Waals surface area (Å²) in [5.74, 6) is -1.09. The summed E-state index contributed by atoms with van der Waals surface area (Å²) in [4.78, 5) is 11.8. The van der Waals surface area contributed by atoms with Crippen LogP contribution in [0.15, 0.2) is 42.5 Å². The van der Waals surface area contributed by atoms with Crippen LogP contribution in [0.3, 0.4) is 0 Å². The second-order valence-electron chi connectivity index (χ2n) is 4.55. The molecule has 0 radical (unpaired) electrons. The Morgan fingerprint density at radius 2 is 1.86 bits per heavy atom. The van der Waals surface area contributed by atoms with E-state index in [1.165, 1.54) is 24.3 Å². The Kier molecular flexibility index (Phi) is 4.71. The molecule has 0 bridgehead atoms. The Morgan fingerprint density at radius 1 is 1.14 bits per heavy atom. The number of carbonyl (C=O) groups is 1. The van der Waals surface area contributed by atoms with Crippen molar-refractivity contribution < 1.29 is 22.4 Å². The van der Waals surface area contributed by atoms with Crippen molar-refractivity contribution in [2.45, 2.75) is 12.6 Å². The second kappa shape index (κ2) is 6.36. The van der Waals surface area contributed by atoms with Crippen molar-refractivity contribution >= 4 is 23.2 Å². The Balaban J connectivity index is 2.14. The Hall–Kier alpha value is -2.08. The van der Waals surface area contributed by atoms with E-state index in [1.807, 2.05) is 0 Å². The Bertz CT molecular complexity index is 700. The standard InChI is InChI=1S/C15H10ClF4NO/c16-12-5-4-10(15(18,19)20)8-13(12)21-14(22)7-9-2-1-3-11(17)6-9/h1-6,8H,7H2,(H,21,22). The fourth-order valence-corrected chi connectivity index (χ4v) is 1.99. The molecule has 1 N–H and O–H groups in total. The molecule has 0 heterocycles. The quantitative estimate of drug-likeness (QED) is 0.813. The molecule has 0 saturated carbocycles. The molecule has 22 heavy (non-hydrogen) atoms. The number of hydrogen-bond acceptors (Lipinski definition) is 1. The smallest absolute Gasteiger partial charge is 0.324 e. The van der Waals surface area contributed by atoms with Crippen molar-refractivity contribution in [3.8, 4) is 0 Å². The third-order valence-corrected chi connectivity index (χ3v) is 3.15. The van der Waals surface area contributed by atoms with Crippen LogP contribution in [0, 0.1) is 5.82 Å². The van der Waals surface area contributed by atoms with E-state index < -0.39 is 23.5 Å². The highest BCUT2D eigenvalue weighted by molar-refractivity contribution is 6.33. The highest BCUT2D eigenvalue weighted by Crippen LogP contribution is 2.33. The monoisotopic (exact) mass is 331 g/mol. The first-order valence-electron chi connectivity index (χ1n) is 6.17. The highest BCUT2D eigenvalue weighted by atomic mass is 35.5. The van der Waals surface area contributed by atoms with Crippen molar-refractivity contribution in [2.75, 3.05) is 5.32 Å². The maximum atomic E-state index is 13.0. The molecule has 2 nitrogen and oxygen atoms in total. The maximum Gasteiger partial charge on any atom is 0.416 e. The number of anilines is 1. The summed E-state index contributed by atoms with van der Waals surface area (Å²) >= 11 is 5.78. The summed E-state index contributed by atoms with van der Waals surface area (Å²) in [5.41, 5.74) is -0.656. The zero-order chi connectivity index (χ0) is 16.3. The zero-order valence-corrected chi connectivity index (χ0v) is 11.8. The molecule has 0 unspecified atom stereocenters. The zero-order valence-electron chi connectivity index (χ0n) is 11.0. The number of hydrogen-bond donors (Lipinski definition) is 1. The summed E-state index contributed by atoms with van der Waals surface area (Å²) in [6, 6.07) is 8.02. The molecule has 2 aromatic carbocycles. The van der Waals surface area contributed by atoms with Gasteiger partial charge in [0.15, 0.2) is 0 Å². The molecule has 0 atom stereocenters. The van der Waals surface area contributed by atoms with Gasteiger partial charge in [-0.3, -0.25) is 4.79 Å². The van der Waals surface area contributed by atoms with Gasteiger partial charge in [0.2, 0.25) is 5.91 Å². The number of halogens is 5. The lowest BCUT2D eigenvalue weighted by atomic mass is 10.1. The molecule has 7 heteroatoms. The van der Waals surface area contributed by atoms with Gasteiger partial charge < -0.3 is 5.32 Å². The van der Waals surface area contributed by atoms with Gasteiger partial charge in [-0.05, 0) is 35.9 Å². The van der Waals surface area contributed by atoms with Gasteiger partial charge in [0.05, 0.1) is 22.7 Å². The number of rotatable bonds is 3. The predicted octanol–water partition coefficient (Wildman–Crippen LogP) is 4.68. The van der Waals surface area contributed by atoms with E-state index in [9.17, 15) is 22.4 Å². The molecule has 0 aliphatic carbocycles. The molecule has 2 aromatic rings. The summed E-state index contributed by atoms with van der Waals surface area (Å²) in [7, 11) is 0. The van der Waals surface area contributed by atoms with E-state index in [-0.39, 0.29) is 17.1 Å². The van der Waals surface area contributed by atoms with Gasteiger partial charge in [-0.1, -0.05) is 23.7 Å². The minimum absolute atomic E-state index is 0.0133. The van der Waals surface area contributed by atoms with Crippen LogP contribution in [0.4, 0.5) is 23.2 Å².